The van der Waals surface area contributed by atoms with Crippen LogP contribution >= 0.6 is 7.82 Å². The maximum absolute atomic E-state index is 14.5. The van der Waals surface area contributed by atoms with Gasteiger partial charge in [0.1, 0.15) is 11.4 Å². The average molecular weight is 947 g/mol. The van der Waals surface area contributed by atoms with E-state index in [9.17, 15) is 36.3 Å². The third-order valence-electron chi connectivity index (χ3n) is 9.66. The van der Waals surface area contributed by atoms with Crippen molar-refractivity contribution in [2.24, 2.45) is 0 Å². The Hall–Kier alpha value is -5.12. The van der Waals surface area contributed by atoms with Crippen LogP contribution in [0.2, 0.25) is 0 Å². The summed E-state index contributed by atoms with van der Waals surface area (Å²) in [4.78, 5) is 30.6. The van der Waals surface area contributed by atoms with Crippen LogP contribution in [0.15, 0.2) is 71.6 Å². The first-order valence-electron chi connectivity index (χ1n) is 19.8. The van der Waals surface area contributed by atoms with Gasteiger partial charge in [0.25, 0.3) is 21.7 Å². The molecule has 1 unspecified atom stereocenters. The number of rotatable bonds is 18. The fraction of sp³-hybridized carbons (Fsp3) is 0.405. The van der Waals surface area contributed by atoms with Crippen molar-refractivity contribution < 1.29 is 63.1 Å². The molecule has 0 spiro atoms. The fourth-order valence-corrected chi connectivity index (χ4v) is 11.2. The van der Waals surface area contributed by atoms with E-state index in [1.54, 1.807) is 84.0 Å². The molecule has 0 bridgehead atoms. The van der Waals surface area contributed by atoms with Crippen LogP contribution in [0.25, 0.3) is 21.7 Å². The molecule has 0 radical (unpaired) electrons. The molecular weight excluding hydrogens is 896 g/mol. The molecule has 6 rings (SSSR count). The molecule has 0 saturated heterocycles. The summed E-state index contributed by atoms with van der Waals surface area (Å²) >= 11 is 0. The summed E-state index contributed by atoms with van der Waals surface area (Å²) in [6.45, 7) is 8.48. The van der Waals surface area contributed by atoms with Gasteiger partial charge in [-0.05, 0) is 82.3 Å². The number of fused-ring (bicyclic) bond motifs is 4. The first kappa shape index (κ1) is 48.3. The fourth-order valence-electron chi connectivity index (χ4n) is 7.27. The van der Waals surface area contributed by atoms with Crippen LogP contribution < -0.4 is 23.8 Å². The largest absolute Gasteiger partial charge is 0.493 e. The number of phosphoric ester groups is 1. The number of aromatic amines is 1. The topological polar surface area (TPSA) is 241 Å². The number of carbonyl (C=O) groups excluding carboxylic acids is 1. The predicted octanol–water partition coefficient (Wildman–Crippen LogP) is 7.58. The number of aromatic nitrogens is 1. The Balaban J connectivity index is 1.37. The number of anilines is 1. The Morgan fingerprint density at radius 2 is 1.55 bits per heavy atom. The van der Waals surface area contributed by atoms with Gasteiger partial charge in [0.15, 0.2) is 11.5 Å². The number of nitrogens with one attached hydrogen (secondary N) is 2. The monoisotopic (exact) mass is 946 g/mol. The Bertz CT molecular complexity index is 2840. The second kappa shape index (κ2) is 18.4. The molecule has 19 nitrogen and oxygen atoms in total. The number of H-pyrrole nitrogens is 1. The van der Waals surface area contributed by atoms with Crippen molar-refractivity contribution in [3.8, 4) is 17.2 Å². The maximum atomic E-state index is 14.5. The van der Waals surface area contributed by atoms with Gasteiger partial charge in [-0.2, -0.15) is 8.42 Å². The second-order valence-corrected chi connectivity index (χ2v) is 21.7. The molecule has 4 aromatic carbocycles. The highest BCUT2D eigenvalue weighted by Gasteiger charge is 2.40. The summed E-state index contributed by atoms with van der Waals surface area (Å²) in [5, 5.41) is 13.4. The minimum absolute atomic E-state index is 0.0540. The number of hydrogen-bond acceptors (Lipinski definition) is 15. The summed E-state index contributed by atoms with van der Waals surface area (Å²) < 4.78 is 108. The lowest BCUT2D eigenvalue weighted by atomic mass is 9.94. The van der Waals surface area contributed by atoms with E-state index >= 15 is 0 Å². The number of benzene rings is 4. The van der Waals surface area contributed by atoms with Gasteiger partial charge in [0, 0.05) is 30.5 Å². The van der Waals surface area contributed by atoms with Crippen LogP contribution in [0.4, 0.5) is 11.4 Å². The first-order valence-corrected chi connectivity index (χ1v) is 24.4. The molecule has 1 aliphatic heterocycles. The molecule has 5 aromatic rings. The summed E-state index contributed by atoms with van der Waals surface area (Å²) in [5.41, 5.74) is -1.05. The zero-order valence-corrected chi connectivity index (χ0v) is 39.3. The van der Waals surface area contributed by atoms with Crippen molar-refractivity contribution >= 4 is 66.9 Å². The molecule has 1 aromatic heterocycles. The van der Waals surface area contributed by atoms with Gasteiger partial charge in [-0.25, -0.2) is 17.7 Å². The molecule has 2 N–H and O–H groups in total. The smallest absolute Gasteiger partial charge is 0.475 e. The normalized spacial score (nSPS) is 14.8. The third-order valence-corrected chi connectivity index (χ3v) is 14.3. The van der Waals surface area contributed by atoms with Gasteiger partial charge in [0.05, 0.1) is 72.2 Å². The maximum Gasteiger partial charge on any atom is 0.475 e. The van der Waals surface area contributed by atoms with E-state index in [4.69, 9.17) is 32.0 Å². The van der Waals surface area contributed by atoms with Crippen LogP contribution in [0.1, 0.15) is 69.1 Å². The van der Waals surface area contributed by atoms with Crippen LogP contribution in [0.5, 0.6) is 17.2 Å². The summed E-state index contributed by atoms with van der Waals surface area (Å²) in [6.07, 6.45) is 0. The van der Waals surface area contributed by atoms with E-state index in [0.29, 0.717) is 27.8 Å². The van der Waals surface area contributed by atoms with Crippen molar-refractivity contribution in [1.82, 2.24) is 9.71 Å². The highest BCUT2D eigenvalue weighted by Crippen LogP contribution is 2.55. The zero-order chi connectivity index (χ0) is 47.0. The van der Waals surface area contributed by atoms with Gasteiger partial charge in [-0.15, -0.1) is 0 Å². The highest BCUT2D eigenvalue weighted by molar-refractivity contribution is 7.89. The number of nitrogens with zero attached hydrogens (tertiary/aromatic N) is 2. The summed E-state index contributed by atoms with van der Waals surface area (Å²) in [6, 6.07) is 16.4. The Morgan fingerprint density at radius 1 is 0.891 bits per heavy atom. The van der Waals surface area contributed by atoms with Crippen molar-refractivity contribution in [3.63, 3.8) is 0 Å². The van der Waals surface area contributed by atoms with E-state index in [0.717, 1.165) is 12.1 Å². The number of phosphoric acid groups is 1. The Kier molecular flexibility index (Phi) is 13.9. The van der Waals surface area contributed by atoms with Gasteiger partial charge < -0.3 is 24.1 Å². The minimum atomic E-state index is -4.38. The minimum Gasteiger partial charge on any atom is -0.493 e. The van der Waals surface area contributed by atoms with Crippen molar-refractivity contribution in [2.75, 3.05) is 52.5 Å². The van der Waals surface area contributed by atoms with E-state index in [1.165, 1.54) is 38.4 Å². The summed E-state index contributed by atoms with van der Waals surface area (Å²) in [5.74, 6) is -1.08. The summed E-state index contributed by atoms with van der Waals surface area (Å²) in [7, 11) is -8.43. The van der Waals surface area contributed by atoms with Crippen molar-refractivity contribution in [3.05, 3.63) is 93.7 Å². The number of sulfonamides is 1. The zero-order valence-electron chi connectivity index (χ0n) is 36.7. The van der Waals surface area contributed by atoms with Crippen molar-refractivity contribution in [1.29, 1.82) is 0 Å². The lowest BCUT2D eigenvalue weighted by Gasteiger charge is -2.30. The predicted molar refractivity (Wildman–Crippen MR) is 238 cm³/mol. The second-order valence-electron chi connectivity index (χ2n) is 16.8. The number of non-ortho nitro benzene ring substituents is 1. The lowest BCUT2D eigenvalue weighted by Crippen LogP contribution is -2.31. The molecular formula is C42H51N4O15PS2. The van der Waals surface area contributed by atoms with E-state index < -0.39 is 80.6 Å². The lowest BCUT2D eigenvalue weighted by molar-refractivity contribution is -0.383. The van der Waals surface area contributed by atoms with Crippen LogP contribution in [-0.2, 0) is 48.2 Å². The number of ether oxygens (including phenoxy) is 3. The van der Waals surface area contributed by atoms with Gasteiger partial charge in [-0.1, -0.05) is 36.4 Å². The SMILES string of the molecule is COc1cc2cc(C(=O)N3CC(COS(=O)(=O)Cc4ccccc4)c4c3cc([N+](=O)[O-])c3cc(S(=O)(=O)NCCOP(=O)(OC(C)(C)C)OC(C)(C)C)ccc43)[nH]c2c(OC)c1OC. The van der Waals surface area contributed by atoms with Crippen LogP contribution in [0.3, 0.4) is 0 Å². The number of hydrogen-bond donors (Lipinski definition) is 2. The number of methoxy groups -OCH3 is 3. The van der Waals surface area contributed by atoms with Crippen LogP contribution in [-0.4, -0.2) is 91.5 Å². The molecule has 64 heavy (non-hydrogen) atoms. The molecule has 0 fully saturated rings. The standard InChI is InChI=1S/C42H51N4O15PS2/c1-41(2,3)60-62(50,61-42(4,5)6)58-18-17-43-64(53,54)29-15-16-30-31(21-29)33(46(48)49)22-34-36(30)28(24-59-63(51,52)25-26-13-11-10-12-14-26)23-45(34)40(47)32-19-27-20-35(55-7)38(56-8)39(57-9)37(27)44-32/h10-16,19-22,28,43-44H,17-18,23-25H2,1-9H3. The molecule has 1 aliphatic rings. The van der Waals surface area contributed by atoms with Gasteiger partial charge >= 0.3 is 7.82 Å². The molecule has 0 saturated carbocycles. The molecule has 346 valence electrons. The Labute approximate surface area is 371 Å². The van der Waals surface area contributed by atoms with Gasteiger partial charge in [0.2, 0.25) is 15.8 Å². The highest BCUT2D eigenvalue weighted by atomic mass is 32.2. The molecule has 22 heteroatoms. The third kappa shape index (κ3) is 10.9. The van der Waals surface area contributed by atoms with Crippen molar-refractivity contribution in [2.45, 2.75) is 69.3 Å². The molecule has 2 heterocycles. The van der Waals surface area contributed by atoms with Crippen LogP contribution in [0, 0.1) is 10.1 Å². The quantitative estimate of drug-likeness (QED) is 0.0283. The van der Waals surface area contributed by atoms with Gasteiger partial charge in [-0.3, -0.25) is 32.7 Å². The Morgan fingerprint density at radius 3 is 2.14 bits per heavy atom. The number of carbonyl (C=O) groups is 1. The molecule has 1 atom stereocenters. The number of nitro groups is 1. The first-order chi connectivity index (χ1) is 29.9. The van der Waals surface area contributed by atoms with E-state index in [1.807, 2.05) is 0 Å². The van der Waals surface area contributed by atoms with E-state index in [-0.39, 0.29) is 51.6 Å². The molecule has 0 aliphatic carbocycles. The van der Waals surface area contributed by atoms with E-state index in [2.05, 4.69) is 9.71 Å². The number of amides is 1. The average Bonchev–Trinajstić information content (AvgIpc) is 3.80. The molecule has 1 amide bonds. The number of nitro benzene ring substituents is 1.